The number of amidine groups is 1. The summed E-state index contributed by atoms with van der Waals surface area (Å²) in [6.45, 7) is 4.80. The lowest BCUT2D eigenvalue weighted by atomic mass is 10.1. The molecule has 1 aliphatic heterocycles. The molecule has 0 radical (unpaired) electrons. The van der Waals surface area contributed by atoms with Crippen LogP contribution in [0.25, 0.3) is 6.08 Å². The van der Waals surface area contributed by atoms with Gasteiger partial charge in [0.1, 0.15) is 5.84 Å². The van der Waals surface area contributed by atoms with Crippen molar-refractivity contribution < 1.29 is 9.63 Å². The number of hydroxylamine groups is 2. The number of aromatic nitrogens is 1. The molecule has 0 saturated carbocycles. The molecule has 2 heterocycles. The fourth-order valence-electron chi connectivity index (χ4n) is 2.13. The lowest BCUT2D eigenvalue weighted by Crippen LogP contribution is -2.34. The summed E-state index contributed by atoms with van der Waals surface area (Å²) in [6.07, 6.45) is 4.49. The van der Waals surface area contributed by atoms with Crippen molar-refractivity contribution in [3.8, 4) is 0 Å². The molecule has 0 spiro atoms. The third kappa shape index (κ3) is 3.92. The monoisotopic (exact) mass is 366 g/mol. The second-order valence-corrected chi connectivity index (χ2v) is 5.75. The van der Waals surface area contributed by atoms with Crippen LogP contribution >= 0.6 is 15.9 Å². The normalized spacial score (nSPS) is 13.8. The molecule has 0 bridgehead atoms. The van der Waals surface area contributed by atoms with Gasteiger partial charge in [0.15, 0.2) is 0 Å². The highest BCUT2D eigenvalue weighted by Gasteiger charge is 2.22. The molecule has 0 fully saturated rings. The van der Waals surface area contributed by atoms with Crippen molar-refractivity contribution in [3.63, 3.8) is 0 Å². The molecule has 1 aliphatic rings. The van der Waals surface area contributed by atoms with Crippen LogP contribution in [-0.2, 0) is 9.63 Å². The zero-order valence-electron chi connectivity index (χ0n) is 12.7. The summed E-state index contributed by atoms with van der Waals surface area (Å²) in [4.78, 5) is 26.7. The Labute approximate surface area is 138 Å². The first-order chi connectivity index (χ1) is 10.5. The van der Waals surface area contributed by atoms with Crippen molar-refractivity contribution in [2.45, 2.75) is 26.7 Å². The van der Waals surface area contributed by atoms with Crippen LogP contribution in [0, 0.1) is 0 Å². The molecule has 6 nitrogen and oxygen atoms in total. The Morgan fingerprint density at radius 2 is 2.27 bits per heavy atom. The first kappa shape index (κ1) is 16.6. The average Bonchev–Trinajstić information content (AvgIpc) is 2.64. The van der Waals surface area contributed by atoms with Crippen LogP contribution in [0.3, 0.4) is 0 Å². The van der Waals surface area contributed by atoms with Gasteiger partial charge in [0.05, 0.1) is 18.0 Å². The van der Waals surface area contributed by atoms with E-state index in [1.54, 1.807) is 12.3 Å². The predicted molar refractivity (Wildman–Crippen MR) is 89.4 cm³/mol. The highest BCUT2D eigenvalue weighted by atomic mass is 79.9. The SMILES string of the molecule is CCCN(OCC)C(=O)C1=Cc2ncc(Br)cc2N=C(N)C1. The number of halogens is 1. The second kappa shape index (κ2) is 7.51. The lowest BCUT2D eigenvalue weighted by molar-refractivity contribution is -0.180. The van der Waals surface area contributed by atoms with Gasteiger partial charge < -0.3 is 5.73 Å². The van der Waals surface area contributed by atoms with E-state index in [1.807, 2.05) is 19.9 Å². The van der Waals surface area contributed by atoms with Crippen molar-refractivity contribution in [2.75, 3.05) is 13.2 Å². The highest BCUT2D eigenvalue weighted by Crippen LogP contribution is 2.28. The Morgan fingerprint density at radius 3 is 2.95 bits per heavy atom. The Kier molecular flexibility index (Phi) is 5.68. The summed E-state index contributed by atoms with van der Waals surface area (Å²) < 4.78 is 0.813. The van der Waals surface area contributed by atoms with E-state index in [4.69, 9.17) is 10.6 Å². The minimum atomic E-state index is -0.195. The van der Waals surface area contributed by atoms with Crippen molar-refractivity contribution in [1.82, 2.24) is 10.0 Å². The zero-order chi connectivity index (χ0) is 16.1. The van der Waals surface area contributed by atoms with E-state index in [0.29, 0.717) is 35.9 Å². The predicted octanol–water partition coefficient (Wildman–Crippen LogP) is 2.81. The Morgan fingerprint density at radius 1 is 1.50 bits per heavy atom. The fourth-order valence-corrected chi connectivity index (χ4v) is 2.45. The van der Waals surface area contributed by atoms with Crippen molar-refractivity contribution in [3.05, 3.63) is 28.0 Å². The molecule has 0 aliphatic carbocycles. The van der Waals surface area contributed by atoms with Crippen LogP contribution in [0.5, 0.6) is 0 Å². The number of hydrogen-bond acceptors (Lipinski definition) is 5. The largest absolute Gasteiger partial charge is 0.387 e. The van der Waals surface area contributed by atoms with Gasteiger partial charge in [-0.25, -0.2) is 10.1 Å². The molecule has 2 N–H and O–H groups in total. The van der Waals surface area contributed by atoms with Crippen molar-refractivity contribution in [1.29, 1.82) is 0 Å². The highest BCUT2D eigenvalue weighted by molar-refractivity contribution is 9.10. The first-order valence-corrected chi connectivity index (χ1v) is 7.98. The van der Waals surface area contributed by atoms with Crippen LogP contribution in [-0.4, -0.2) is 34.9 Å². The average molecular weight is 367 g/mol. The molecule has 1 aromatic heterocycles. The third-order valence-corrected chi connectivity index (χ3v) is 3.46. The van der Waals surface area contributed by atoms with Gasteiger partial charge in [0, 0.05) is 29.2 Å². The summed E-state index contributed by atoms with van der Waals surface area (Å²) in [7, 11) is 0. The van der Waals surface area contributed by atoms with Crippen LogP contribution < -0.4 is 5.73 Å². The minimum absolute atomic E-state index is 0.195. The summed E-state index contributed by atoms with van der Waals surface area (Å²) >= 11 is 3.36. The number of nitrogens with zero attached hydrogens (tertiary/aromatic N) is 3. The number of aliphatic imine (C=N–C) groups is 1. The standard InChI is InChI=1S/C15H19BrN4O2/c1-3-5-20(22-4-2)15(21)10-6-12-13(19-14(17)7-10)8-11(16)9-18-12/h6,8-9H,3-5,7H2,1-2H3,(H2,17,19). The van der Waals surface area contributed by atoms with E-state index in [0.717, 1.165) is 10.9 Å². The van der Waals surface area contributed by atoms with E-state index >= 15 is 0 Å². The molecular formula is C15H19BrN4O2. The van der Waals surface area contributed by atoms with Crippen LogP contribution in [0.1, 0.15) is 32.4 Å². The molecule has 0 aromatic carbocycles. The Balaban J connectivity index is 2.36. The van der Waals surface area contributed by atoms with E-state index in [9.17, 15) is 4.79 Å². The molecule has 1 aromatic rings. The van der Waals surface area contributed by atoms with Crippen LogP contribution in [0.2, 0.25) is 0 Å². The van der Waals surface area contributed by atoms with Crippen molar-refractivity contribution >= 4 is 39.4 Å². The van der Waals surface area contributed by atoms with Gasteiger partial charge in [0.25, 0.3) is 5.91 Å². The molecule has 118 valence electrons. The van der Waals surface area contributed by atoms with E-state index in [-0.39, 0.29) is 12.3 Å². The van der Waals surface area contributed by atoms with E-state index in [2.05, 4.69) is 25.9 Å². The molecule has 0 atom stereocenters. The number of pyridine rings is 1. The summed E-state index contributed by atoms with van der Waals surface area (Å²) in [5.41, 5.74) is 7.73. The number of carbonyl (C=O) groups excluding carboxylic acids is 1. The lowest BCUT2D eigenvalue weighted by Gasteiger charge is -2.21. The molecule has 22 heavy (non-hydrogen) atoms. The summed E-state index contributed by atoms with van der Waals surface area (Å²) in [5.74, 6) is 0.186. The fraction of sp³-hybridized carbons (Fsp3) is 0.400. The first-order valence-electron chi connectivity index (χ1n) is 7.19. The second-order valence-electron chi connectivity index (χ2n) is 4.83. The number of hydrogen-bond donors (Lipinski definition) is 1. The molecule has 2 rings (SSSR count). The van der Waals surface area contributed by atoms with Gasteiger partial charge in [-0.2, -0.15) is 0 Å². The Bertz CT molecular complexity index is 622. The number of amides is 1. The van der Waals surface area contributed by atoms with Crippen LogP contribution in [0.4, 0.5) is 5.69 Å². The maximum absolute atomic E-state index is 12.6. The molecule has 0 saturated heterocycles. The smallest absolute Gasteiger partial charge is 0.273 e. The van der Waals surface area contributed by atoms with E-state index in [1.165, 1.54) is 5.06 Å². The Hall–Kier alpha value is -1.73. The van der Waals surface area contributed by atoms with Gasteiger partial charge in [-0.3, -0.25) is 14.6 Å². The quantitative estimate of drug-likeness (QED) is 0.812. The maximum atomic E-state index is 12.6. The third-order valence-electron chi connectivity index (χ3n) is 3.02. The van der Waals surface area contributed by atoms with Gasteiger partial charge in [-0.1, -0.05) is 6.92 Å². The van der Waals surface area contributed by atoms with Crippen molar-refractivity contribution in [2.24, 2.45) is 10.7 Å². The molecule has 1 amide bonds. The van der Waals surface area contributed by atoms with Gasteiger partial charge >= 0.3 is 0 Å². The summed E-state index contributed by atoms with van der Waals surface area (Å²) in [6, 6.07) is 1.82. The zero-order valence-corrected chi connectivity index (χ0v) is 14.3. The minimum Gasteiger partial charge on any atom is -0.387 e. The number of carbonyl (C=O) groups is 1. The summed E-state index contributed by atoms with van der Waals surface area (Å²) in [5, 5.41) is 1.38. The topological polar surface area (TPSA) is 80.8 Å². The van der Waals surface area contributed by atoms with Gasteiger partial charge in [0.2, 0.25) is 0 Å². The molecule has 7 heteroatoms. The maximum Gasteiger partial charge on any atom is 0.273 e. The van der Waals surface area contributed by atoms with Gasteiger partial charge in [-0.05, 0) is 41.4 Å². The number of fused-ring (bicyclic) bond motifs is 1. The van der Waals surface area contributed by atoms with E-state index < -0.39 is 0 Å². The number of rotatable bonds is 5. The van der Waals surface area contributed by atoms with Gasteiger partial charge in [-0.15, -0.1) is 0 Å². The molecule has 0 unspecified atom stereocenters. The molecular weight excluding hydrogens is 348 g/mol. The number of nitrogens with two attached hydrogens (primary N) is 1. The van der Waals surface area contributed by atoms with Crippen LogP contribution in [0.15, 0.2) is 27.3 Å².